The summed E-state index contributed by atoms with van der Waals surface area (Å²) in [5.74, 6) is 1.20. The number of rotatable bonds is 8. The van der Waals surface area contributed by atoms with Crippen LogP contribution in [0.15, 0.2) is 24.3 Å². The van der Waals surface area contributed by atoms with Crippen molar-refractivity contribution in [3.63, 3.8) is 0 Å². The van der Waals surface area contributed by atoms with Crippen molar-refractivity contribution >= 4 is 11.8 Å². The van der Waals surface area contributed by atoms with Gasteiger partial charge in [0.2, 0.25) is 0 Å². The van der Waals surface area contributed by atoms with Gasteiger partial charge in [0, 0.05) is 17.0 Å². The number of aryl methyl sites for hydroxylation is 1. The first kappa shape index (κ1) is 15.6. The summed E-state index contributed by atoms with van der Waals surface area (Å²) in [6.45, 7) is 6.77. The van der Waals surface area contributed by atoms with Crippen molar-refractivity contribution in [3.8, 4) is 0 Å². The number of nitrogens with one attached hydrogen (secondary N) is 1. The van der Waals surface area contributed by atoms with Crippen molar-refractivity contribution in [2.24, 2.45) is 0 Å². The summed E-state index contributed by atoms with van der Waals surface area (Å²) in [5, 5.41) is 4.20. The molecule has 0 aliphatic heterocycles. The number of benzene rings is 1. The molecule has 2 atom stereocenters. The van der Waals surface area contributed by atoms with Crippen LogP contribution in [-0.4, -0.2) is 24.1 Å². The predicted octanol–water partition coefficient (Wildman–Crippen LogP) is 3.91. The van der Waals surface area contributed by atoms with Gasteiger partial charge in [-0.05, 0) is 37.4 Å². The first-order valence-corrected chi connectivity index (χ1v) is 8.11. The predicted molar refractivity (Wildman–Crippen MR) is 84.6 cm³/mol. The molecule has 1 aromatic rings. The molecule has 102 valence electrons. The highest BCUT2D eigenvalue weighted by Crippen LogP contribution is 2.16. The zero-order valence-corrected chi connectivity index (χ0v) is 13.0. The fourth-order valence-electron chi connectivity index (χ4n) is 1.84. The van der Waals surface area contributed by atoms with Crippen molar-refractivity contribution in [3.05, 3.63) is 35.4 Å². The van der Waals surface area contributed by atoms with Crippen LogP contribution in [0.3, 0.4) is 0 Å². The average Bonchev–Trinajstić information content (AvgIpc) is 2.43. The van der Waals surface area contributed by atoms with Crippen LogP contribution in [0.1, 0.15) is 38.3 Å². The highest BCUT2D eigenvalue weighted by atomic mass is 32.2. The lowest BCUT2D eigenvalue weighted by Gasteiger charge is -2.18. The van der Waals surface area contributed by atoms with Gasteiger partial charge in [0.15, 0.2) is 0 Å². The van der Waals surface area contributed by atoms with E-state index < -0.39 is 0 Å². The molecule has 2 heteroatoms. The largest absolute Gasteiger partial charge is 0.316 e. The zero-order chi connectivity index (χ0) is 13.4. The summed E-state index contributed by atoms with van der Waals surface area (Å²) >= 11 is 2.07. The molecule has 0 radical (unpaired) electrons. The fraction of sp³-hybridized carbons (Fsp3) is 0.625. The van der Waals surface area contributed by atoms with E-state index >= 15 is 0 Å². The maximum absolute atomic E-state index is 3.44. The first-order chi connectivity index (χ1) is 8.69. The third-order valence-corrected chi connectivity index (χ3v) is 4.98. The molecule has 1 N–H and O–H groups in total. The van der Waals surface area contributed by atoms with Gasteiger partial charge in [0.1, 0.15) is 0 Å². The smallest absolute Gasteiger partial charge is 0.0195 e. The lowest BCUT2D eigenvalue weighted by Crippen LogP contribution is -2.30. The normalized spacial score (nSPS) is 14.4. The Bertz CT molecular complexity index is 320. The van der Waals surface area contributed by atoms with Crippen LogP contribution < -0.4 is 5.32 Å². The van der Waals surface area contributed by atoms with Gasteiger partial charge in [-0.25, -0.2) is 0 Å². The SMILES string of the molecule is CCc1ccc(CC(CSC(C)CC)NC)cc1. The molecule has 0 fully saturated rings. The van der Waals surface area contributed by atoms with Crippen LogP contribution in [0.4, 0.5) is 0 Å². The highest BCUT2D eigenvalue weighted by Gasteiger charge is 2.09. The number of thioether (sulfide) groups is 1. The summed E-state index contributed by atoms with van der Waals surface area (Å²) in [5.41, 5.74) is 2.87. The summed E-state index contributed by atoms with van der Waals surface area (Å²) in [6.07, 6.45) is 3.51. The van der Waals surface area contributed by atoms with Gasteiger partial charge in [-0.2, -0.15) is 11.8 Å². The van der Waals surface area contributed by atoms with Crippen LogP contribution >= 0.6 is 11.8 Å². The molecule has 0 heterocycles. The van der Waals surface area contributed by atoms with Gasteiger partial charge in [-0.1, -0.05) is 45.0 Å². The Balaban J connectivity index is 2.46. The third-order valence-electron chi connectivity index (χ3n) is 3.48. The van der Waals surface area contributed by atoms with E-state index in [-0.39, 0.29) is 0 Å². The third kappa shape index (κ3) is 5.45. The monoisotopic (exact) mass is 265 g/mol. The Hall–Kier alpha value is -0.470. The summed E-state index contributed by atoms with van der Waals surface area (Å²) in [7, 11) is 2.07. The van der Waals surface area contributed by atoms with E-state index in [2.05, 4.69) is 69.2 Å². The van der Waals surface area contributed by atoms with E-state index in [9.17, 15) is 0 Å². The van der Waals surface area contributed by atoms with E-state index in [0.29, 0.717) is 6.04 Å². The van der Waals surface area contributed by atoms with Crippen molar-refractivity contribution in [2.45, 2.75) is 51.3 Å². The molecular formula is C16H27NS. The van der Waals surface area contributed by atoms with E-state index in [0.717, 1.165) is 18.1 Å². The number of hydrogen-bond acceptors (Lipinski definition) is 2. The lowest BCUT2D eigenvalue weighted by molar-refractivity contribution is 0.616. The van der Waals surface area contributed by atoms with E-state index in [4.69, 9.17) is 0 Å². The number of likely N-dealkylation sites (N-methyl/N-ethyl adjacent to an activating group) is 1. The Kier molecular flexibility index (Phi) is 7.45. The first-order valence-electron chi connectivity index (χ1n) is 7.06. The van der Waals surface area contributed by atoms with Crippen molar-refractivity contribution in [1.82, 2.24) is 5.32 Å². The molecule has 1 nitrogen and oxygen atoms in total. The van der Waals surface area contributed by atoms with Gasteiger partial charge in [-0.3, -0.25) is 0 Å². The Labute approximate surface area is 117 Å². The van der Waals surface area contributed by atoms with Crippen molar-refractivity contribution in [2.75, 3.05) is 12.8 Å². The molecule has 2 unspecified atom stereocenters. The van der Waals surface area contributed by atoms with Crippen LogP contribution in [-0.2, 0) is 12.8 Å². The number of hydrogen-bond donors (Lipinski definition) is 1. The minimum Gasteiger partial charge on any atom is -0.316 e. The molecule has 1 rings (SSSR count). The molecule has 0 aromatic heterocycles. The maximum atomic E-state index is 3.44. The standard InChI is InChI=1S/C16H27NS/c1-5-13(3)18-12-16(17-4)11-15-9-7-14(6-2)8-10-15/h7-10,13,16-17H,5-6,11-12H2,1-4H3. The average molecular weight is 265 g/mol. The molecular weight excluding hydrogens is 238 g/mol. The van der Waals surface area contributed by atoms with Crippen LogP contribution in [0.5, 0.6) is 0 Å². The van der Waals surface area contributed by atoms with Crippen molar-refractivity contribution in [1.29, 1.82) is 0 Å². The van der Waals surface area contributed by atoms with Gasteiger partial charge < -0.3 is 5.32 Å². The topological polar surface area (TPSA) is 12.0 Å². The van der Waals surface area contributed by atoms with Crippen LogP contribution in [0, 0.1) is 0 Å². The van der Waals surface area contributed by atoms with E-state index in [1.807, 2.05) is 0 Å². The Morgan fingerprint density at radius 2 is 1.72 bits per heavy atom. The van der Waals surface area contributed by atoms with Crippen LogP contribution in [0.2, 0.25) is 0 Å². The van der Waals surface area contributed by atoms with Gasteiger partial charge in [-0.15, -0.1) is 0 Å². The second-order valence-corrected chi connectivity index (χ2v) is 6.38. The quantitative estimate of drug-likeness (QED) is 0.765. The zero-order valence-electron chi connectivity index (χ0n) is 12.2. The van der Waals surface area contributed by atoms with E-state index in [1.165, 1.54) is 23.3 Å². The second kappa shape index (κ2) is 8.60. The second-order valence-electron chi connectivity index (χ2n) is 4.91. The molecule has 0 aliphatic rings. The molecule has 0 bridgehead atoms. The highest BCUT2D eigenvalue weighted by molar-refractivity contribution is 7.99. The van der Waals surface area contributed by atoms with Gasteiger partial charge >= 0.3 is 0 Å². The van der Waals surface area contributed by atoms with Gasteiger partial charge in [0.05, 0.1) is 0 Å². The maximum Gasteiger partial charge on any atom is 0.0195 e. The Morgan fingerprint density at radius 1 is 1.11 bits per heavy atom. The summed E-state index contributed by atoms with van der Waals surface area (Å²) in [4.78, 5) is 0. The minimum atomic E-state index is 0.580. The van der Waals surface area contributed by atoms with Crippen LogP contribution in [0.25, 0.3) is 0 Å². The Morgan fingerprint density at radius 3 is 2.22 bits per heavy atom. The molecule has 1 aromatic carbocycles. The molecule has 0 aliphatic carbocycles. The molecule has 0 amide bonds. The van der Waals surface area contributed by atoms with Gasteiger partial charge in [0.25, 0.3) is 0 Å². The van der Waals surface area contributed by atoms with Crippen molar-refractivity contribution < 1.29 is 0 Å². The fourth-order valence-corrected chi connectivity index (χ4v) is 2.92. The molecule has 0 saturated heterocycles. The van der Waals surface area contributed by atoms with E-state index in [1.54, 1.807) is 0 Å². The molecule has 18 heavy (non-hydrogen) atoms. The molecule has 0 saturated carbocycles. The summed E-state index contributed by atoms with van der Waals surface area (Å²) in [6, 6.07) is 9.64. The minimum absolute atomic E-state index is 0.580. The molecule has 0 spiro atoms. The lowest BCUT2D eigenvalue weighted by atomic mass is 10.0. The summed E-state index contributed by atoms with van der Waals surface area (Å²) < 4.78 is 0.